The molecule has 3 rings (SSSR count). The number of benzene rings is 1. The van der Waals surface area contributed by atoms with E-state index in [1.807, 2.05) is 0 Å². The summed E-state index contributed by atoms with van der Waals surface area (Å²) >= 11 is 0. The number of aryl methyl sites for hydroxylation is 1. The first-order valence-electron chi connectivity index (χ1n) is 9.55. The summed E-state index contributed by atoms with van der Waals surface area (Å²) in [5.74, 6) is -0.526. The summed E-state index contributed by atoms with van der Waals surface area (Å²) in [5, 5.41) is 3.81. The van der Waals surface area contributed by atoms with E-state index < -0.39 is 43.3 Å². The lowest BCUT2D eigenvalue weighted by molar-refractivity contribution is -0.153. The molecule has 3 aromatic rings. The van der Waals surface area contributed by atoms with Gasteiger partial charge >= 0.3 is 12.4 Å². The van der Waals surface area contributed by atoms with E-state index in [0.717, 1.165) is 9.25 Å². The summed E-state index contributed by atoms with van der Waals surface area (Å²) in [6.45, 7) is -1.95. The average Bonchev–Trinajstić information content (AvgIpc) is 3.19. The Labute approximate surface area is 183 Å². The van der Waals surface area contributed by atoms with E-state index in [9.17, 15) is 35.9 Å². The van der Waals surface area contributed by atoms with Gasteiger partial charge in [0.1, 0.15) is 11.6 Å². The monoisotopic (exact) mass is 473 g/mol. The number of nitrogens with zero attached hydrogens (tertiary/aromatic N) is 3. The number of ether oxygens (including phenoxy) is 1. The maximum atomic E-state index is 12.8. The van der Waals surface area contributed by atoms with Gasteiger partial charge in [0.25, 0.3) is 5.56 Å². The van der Waals surface area contributed by atoms with Crippen LogP contribution in [0.5, 0.6) is 5.75 Å². The van der Waals surface area contributed by atoms with Gasteiger partial charge < -0.3 is 4.74 Å². The molecule has 2 heterocycles. The van der Waals surface area contributed by atoms with Crippen molar-refractivity contribution in [1.29, 1.82) is 0 Å². The SMILES string of the molecule is O=C(Cc1ccc(OCC(F)(F)F)cc1)c1cccn(-c2ccnn2CCC(F)(F)F)c1=O. The normalized spacial score (nSPS) is 12.1. The predicted octanol–water partition coefficient (Wildman–Crippen LogP) is 4.35. The minimum Gasteiger partial charge on any atom is -0.484 e. The molecular formula is C21H17F6N3O3. The van der Waals surface area contributed by atoms with Crippen LogP contribution < -0.4 is 10.3 Å². The molecule has 33 heavy (non-hydrogen) atoms. The summed E-state index contributed by atoms with van der Waals surface area (Å²) in [6, 6.07) is 9.40. The Hall–Kier alpha value is -3.57. The second-order valence-electron chi connectivity index (χ2n) is 7.02. The molecule has 0 amide bonds. The molecule has 6 nitrogen and oxygen atoms in total. The van der Waals surface area contributed by atoms with E-state index in [2.05, 4.69) is 9.84 Å². The molecule has 0 radical (unpaired) electrons. The van der Waals surface area contributed by atoms with Crippen LogP contribution in [0.4, 0.5) is 26.3 Å². The second kappa shape index (κ2) is 9.51. The van der Waals surface area contributed by atoms with E-state index in [1.54, 1.807) is 0 Å². The van der Waals surface area contributed by atoms with Gasteiger partial charge in [0.05, 0.1) is 24.7 Å². The second-order valence-corrected chi connectivity index (χ2v) is 7.02. The third-order valence-electron chi connectivity index (χ3n) is 4.49. The Morgan fingerprint density at radius 1 is 0.970 bits per heavy atom. The Morgan fingerprint density at radius 2 is 1.67 bits per heavy atom. The lowest BCUT2D eigenvalue weighted by Crippen LogP contribution is -2.27. The summed E-state index contributed by atoms with van der Waals surface area (Å²) in [6.07, 6.45) is -7.69. The lowest BCUT2D eigenvalue weighted by Gasteiger charge is -2.12. The van der Waals surface area contributed by atoms with E-state index in [1.165, 1.54) is 54.9 Å². The van der Waals surface area contributed by atoms with Gasteiger partial charge in [-0.05, 0) is 29.8 Å². The zero-order valence-electron chi connectivity index (χ0n) is 16.9. The van der Waals surface area contributed by atoms with E-state index in [4.69, 9.17) is 0 Å². The van der Waals surface area contributed by atoms with Crippen molar-refractivity contribution in [1.82, 2.24) is 14.3 Å². The third kappa shape index (κ3) is 6.70. The number of aromatic nitrogens is 3. The number of ketones is 1. The van der Waals surface area contributed by atoms with Crippen molar-refractivity contribution < 1.29 is 35.9 Å². The predicted molar refractivity (Wildman–Crippen MR) is 105 cm³/mol. The highest BCUT2D eigenvalue weighted by molar-refractivity contribution is 5.97. The molecule has 12 heteroatoms. The zero-order valence-corrected chi connectivity index (χ0v) is 16.9. The number of carbonyl (C=O) groups excluding carboxylic acids is 1. The molecule has 2 aromatic heterocycles. The Morgan fingerprint density at radius 3 is 2.30 bits per heavy atom. The fraction of sp³-hybridized carbons (Fsp3) is 0.286. The summed E-state index contributed by atoms with van der Waals surface area (Å²) in [7, 11) is 0. The number of Topliss-reactive ketones (excluding diaryl/α,β-unsaturated/α-hetero) is 1. The fourth-order valence-electron chi connectivity index (χ4n) is 2.97. The van der Waals surface area contributed by atoms with Crippen LogP contribution in [0.15, 0.2) is 59.7 Å². The number of halogens is 6. The molecule has 0 unspecified atom stereocenters. The largest absolute Gasteiger partial charge is 0.484 e. The van der Waals surface area contributed by atoms with Gasteiger partial charge in [-0.25, -0.2) is 4.68 Å². The Kier molecular flexibility index (Phi) is 6.94. The number of alkyl halides is 6. The smallest absolute Gasteiger partial charge is 0.422 e. The fourth-order valence-corrected chi connectivity index (χ4v) is 2.97. The van der Waals surface area contributed by atoms with Gasteiger partial charge in [0.15, 0.2) is 12.4 Å². The van der Waals surface area contributed by atoms with Crippen molar-refractivity contribution >= 4 is 5.78 Å². The van der Waals surface area contributed by atoms with Crippen LogP contribution in [0.25, 0.3) is 5.82 Å². The highest BCUT2D eigenvalue weighted by Gasteiger charge is 2.29. The lowest BCUT2D eigenvalue weighted by atomic mass is 10.0. The molecule has 0 aliphatic carbocycles. The standard InChI is InChI=1S/C21H17F6N3O3/c22-20(23,24)8-11-30-18(7-9-28-30)29-10-1-2-16(19(29)32)17(31)12-14-3-5-15(6-4-14)33-13-21(25,26)27/h1-7,9-10H,8,11-13H2. The quantitative estimate of drug-likeness (QED) is 0.361. The van der Waals surface area contributed by atoms with Crippen molar-refractivity contribution in [3.05, 3.63) is 76.3 Å². The number of rotatable bonds is 8. The topological polar surface area (TPSA) is 66.1 Å². The summed E-state index contributed by atoms with van der Waals surface area (Å²) < 4.78 is 80.9. The van der Waals surface area contributed by atoms with Gasteiger partial charge in [0.2, 0.25) is 0 Å². The van der Waals surface area contributed by atoms with E-state index in [0.29, 0.717) is 5.56 Å². The van der Waals surface area contributed by atoms with Crippen LogP contribution in [0.1, 0.15) is 22.3 Å². The third-order valence-corrected chi connectivity index (χ3v) is 4.49. The van der Waals surface area contributed by atoms with E-state index >= 15 is 0 Å². The number of hydrogen-bond donors (Lipinski definition) is 0. The molecule has 0 saturated heterocycles. The van der Waals surface area contributed by atoms with Crippen LogP contribution in [-0.2, 0) is 13.0 Å². The number of hydrogen-bond acceptors (Lipinski definition) is 4. The van der Waals surface area contributed by atoms with Crippen molar-refractivity contribution in [2.75, 3.05) is 6.61 Å². The van der Waals surface area contributed by atoms with Crippen molar-refractivity contribution in [3.8, 4) is 11.6 Å². The first-order chi connectivity index (χ1) is 15.4. The molecular weight excluding hydrogens is 456 g/mol. The van der Waals surface area contributed by atoms with E-state index in [-0.39, 0.29) is 23.6 Å². The maximum Gasteiger partial charge on any atom is 0.422 e. The minimum atomic E-state index is -4.48. The molecule has 0 aliphatic rings. The maximum absolute atomic E-state index is 12.8. The number of carbonyl (C=O) groups is 1. The first-order valence-corrected chi connectivity index (χ1v) is 9.55. The minimum absolute atomic E-state index is 0.0299. The molecule has 0 saturated carbocycles. The van der Waals surface area contributed by atoms with Crippen molar-refractivity contribution in [3.63, 3.8) is 0 Å². The highest BCUT2D eigenvalue weighted by atomic mass is 19.4. The molecule has 1 aromatic carbocycles. The van der Waals surface area contributed by atoms with Gasteiger partial charge in [-0.1, -0.05) is 12.1 Å². The molecule has 0 bridgehead atoms. The Balaban J connectivity index is 1.75. The zero-order chi connectivity index (χ0) is 24.2. The van der Waals surface area contributed by atoms with Crippen molar-refractivity contribution in [2.45, 2.75) is 31.7 Å². The summed E-state index contributed by atoms with van der Waals surface area (Å²) in [5.41, 5.74) is -0.496. The Bertz CT molecular complexity index is 1160. The molecule has 0 fully saturated rings. The van der Waals surface area contributed by atoms with Crippen LogP contribution in [0.3, 0.4) is 0 Å². The average molecular weight is 473 g/mol. The molecule has 0 atom stereocenters. The molecule has 0 N–H and O–H groups in total. The summed E-state index contributed by atoms with van der Waals surface area (Å²) in [4.78, 5) is 25.5. The highest BCUT2D eigenvalue weighted by Crippen LogP contribution is 2.21. The number of pyridine rings is 1. The molecule has 0 spiro atoms. The van der Waals surface area contributed by atoms with Crippen LogP contribution >= 0.6 is 0 Å². The van der Waals surface area contributed by atoms with Gasteiger partial charge in [-0.2, -0.15) is 31.4 Å². The van der Waals surface area contributed by atoms with Crippen LogP contribution in [0.2, 0.25) is 0 Å². The molecule has 0 aliphatic heterocycles. The van der Waals surface area contributed by atoms with Crippen LogP contribution in [0, 0.1) is 0 Å². The van der Waals surface area contributed by atoms with Crippen LogP contribution in [-0.4, -0.2) is 39.1 Å². The van der Waals surface area contributed by atoms with Crippen molar-refractivity contribution in [2.24, 2.45) is 0 Å². The van der Waals surface area contributed by atoms with Gasteiger partial charge in [-0.3, -0.25) is 14.2 Å². The van der Waals surface area contributed by atoms with Gasteiger partial charge in [-0.15, -0.1) is 0 Å². The molecule has 176 valence electrons. The first kappa shape index (κ1) is 24.1. The van der Waals surface area contributed by atoms with Gasteiger partial charge in [0, 0.05) is 18.7 Å².